The zero-order valence-corrected chi connectivity index (χ0v) is 22.0. The fraction of sp³-hybridized carbons (Fsp3) is 0.355. The number of hydrogen-bond acceptors (Lipinski definition) is 6. The molecule has 39 heavy (non-hydrogen) atoms. The van der Waals surface area contributed by atoms with Crippen molar-refractivity contribution in [3.8, 4) is 0 Å². The standard InChI is InChI=1S/C31H36F2N6/c1-36-38-31(29-10-2-3-15-39(29)19-25-26(32)8-5-9-27(25)33)37-18-20-11-14-28(34)24(16-20)30(35)23-13-12-21-6-4-7-22(21)17-23/h2-3,5,8-9,11-14,16-17,25-26,29,31,35,37-38H,1,4,6-7,10,15,18-19,34H2. The van der Waals surface area contributed by atoms with Crippen LogP contribution in [0.5, 0.6) is 0 Å². The van der Waals surface area contributed by atoms with Gasteiger partial charge in [-0.25, -0.2) is 8.78 Å². The number of halogens is 2. The van der Waals surface area contributed by atoms with Gasteiger partial charge < -0.3 is 5.73 Å². The van der Waals surface area contributed by atoms with Crippen LogP contribution in [0.3, 0.4) is 0 Å². The van der Waals surface area contributed by atoms with Crippen LogP contribution in [-0.4, -0.2) is 48.8 Å². The minimum atomic E-state index is -1.35. The van der Waals surface area contributed by atoms with Gasteiger partial charge in [0.25, 0.3) is 0 Å². The van der Waals surface area contributed by atoms with E-state index in [0.717, 1.165) is 30.4 Å². The van der Waals surface area contributed by atoms with E-state index in [1.807, 2.05) is 30.3 Å². The monoisotopic (exact) mass is 530 g/mol. The van der Waals surface area contributed by atoms with Crippen LogP contribution in [0.15, 0.2) is 77.7 Å². The molecule has 0 aromatic heterocycles. The van der Waals surface area contributed by atoms with Crippen LogP contribution in [0.1, 0.15) is 40.7 Å². The van der Waals surface area contributed by atoms with E-state index in [9.17, 15) is 8.78 Å². The summed E-state index contributed by atoms with van der Waals surface area (Å²) in [6.45, 7) is 4.93. The fourth-order valence-electron chi connectivity index (χ4n) is 5.80. The summed E-state index contributed by atoms with van der Waals surface area (Å²) >= 11 is 0. The highest BCUT2D eigenvalue weighted by atomic mass is 19.1. The summed E-state index contributed by atoms with van der Waals surface area (Å²) in [6, 6.07) is 11.9. The van der Waals surface area contributed by atoms with Gasteiger partial charge in [0.1, 0.15) is 18.2 Å². The van der Waals surface area contributed by atoms with Crippen molar-refractivity contribution in [2.75, 3.05) is 18.8 Å². The number of nitrogen functional groups attached to an aromatic ring is 1. The number of rotatable bonds is 10. The molecule has 8 heteroatoms. The molecule has 4 unspecified atom stereocenters. The molecular formula is C31H36F2N6. The van der Waals surface area contributed by atoms with E-state index in [1.54, 1.807) is 0 Å². The third kappa shape index (κ3) is 6.02. The minimum Gasteiger partial charge on any atom is -0.398 e. The molecule has 0 saturated carbocycles. The van der Waals surface area contributed by atoms with Crippen LogP contribution >= 0.6 is 0 Å². The molecule has 5 N–H and O–H groups in total. The number of anilines is 1. The Hall–Kier alpha value is -3.62. The predicted octanol–water partition coefficient (Wildman–Crippen LogP) is 4.80. The Labute approximate surface area is 228 Å². The summed E-state index contributed by atoms with van der Waals surface area (Å²) in [7, 11) is 0. The lowest BCUT2D eigenvalue weighted by atomic mass is 9.94. The van der Waals surface area contributed by atoms with Crippen LogP contribution < -0.4 is 16.5 Å². The minimum absolute atomic E-state index is 0.0932. The number of alkyl halides is 1. The van der Waals surface area contributed by atoms with Gasteiger partial charge in [-0.3, -0.25) is 21.1 Å². The molecular weight excluding hydrogens is 494 g/mol. The van der Waals surface area contributed by atoms with Crippen LogP contribution in [0, 0.1) is 11.3 Å². The second-order valence-electron chi connectivity index (χ2n) is 10.5. The Morgan fingerprint density at radius 1 is 1.18 bits per heavy atom. The Morgan fingerprint density at radius 2 is 2.03 bits per heavy atom. The van der Waals surface area contributed by atoms with E-state index in [1.165, 1.54) is 29.4 Å². The lowest BCUT2D eigenvalue weighted by Gasteiger charge is -2.40. The first kappa shape index (κ1) is 27.0. The summed E-state index contributed by atoms with van der Waals surface area (Å²) in [5.41, 5.74) is 15.6. The maximum absolute atomic E-state index is 14.5. The zero-order valence-electron chi connectivity index (χ0n) is 22.0. The topological polar surface area (TPSA) is 89.5 Å². The molecule has 0 fully saturated rings. The van der Waals surface area contributed by atoms with Crippen molar-refractivity contribution in [3.05, 3.63) is 100 Å². The number of aryl methyl sites for hydroxylation is 2. The lowest BCUT2D eigenvalue weighted by molar-refractivity contribution is 0.110. The van der Waals surface area contributed by atoms with Gasteiger partial charge in [0.15, 0.2) is 0 Å². The number of nitrogens with zero attached hydrogens (tertiary/aromatic N) is 2. The fourth-order valence-corrected chi connectivity index (χ4v) is 5.80. The first-order valence-corrected chi connectivity index (χ1v) is 13.6. The van der Waals surface area contributed by atoms with Gasteiger partial charge in [-0.05, 0) is 72.7 Å². The molecule has 0 bridgehead atoms. The molecule has 6 nitrogen and oxygen atoms in total. The van der Waals surface area contributed by atoms with E-state index >= 15 is 0 Å². The van der Waals surface area contributed by atoms with Crippen molar-refractivity contribution in [2.24, 2.45) is 11.0 Å². The van der Waals surface area contributed by atoms with E-state index in [4.69, 9.17) is 11.1 Å². The highest BCUT2D eigenvalue weighted by molar-refractivity contribution is 6.14. The Balaban J connectivity index is 1.30. The molecule has 1 aliphatic heterocycles. The average Bonchev–Trinajstić information content (AvgIpc) is 3.42. The molecule has 204 valence electrons. The summed E-state index contributed by atoms with van der Waals surface area (Å²) in [4.78, 5) is 2.08. The smallest absolute Gasteiger partial charge is 0.129 e. The average molecular weight is 531 g/mol. The number of hydrogen-bond donors (Lipinski definition) is 4. The first-order valence-electron chi connectivity index (χ1n) is 13.6. The molecule has 1 heterocycles. The third-order valence-corrected chi connectivity index (χ3v) is 7.99. The zero-order chi connectivity index (χ0) is 27.4. The second-order valence-corrected chi connectivity index (χ2v) is 10.5. The largest absolute Gasteiger partial charge is 0.398 e. The molecule has 0 spiro atoms. The molecule has 2 aromatic rings. The Kier molecular flexibility index (Phi) is 8.33. The van der Waals surface area contributed by atoms with Gasteiger partial charge in [-0.15, -0.1) is 0 Å². The van der Waals surface area contributed by atoms with Crippen LogP contribution in [-0.2, 0) is 19.4 Å². The van der Waals surface area contributed by atoms with Gasteiger partial charge in [-0.2, -0.15) is 5.10 Å². The second kappa shape index (κ2) is 12.1. The van der Waals surface area contributed by atoms with Crippen molar-refractivity contribution in [1.82, 2.24) is 15.6 Å². The van der Waals surface area contributed by atoms with Crippen LogP contribution in [0.4, 0.5) is 14.5 Å². The normalized spacial score (nSPS) is 23.2. The molecule has 0 radical (unpaired) electrons. The molecule has 0 saturated heterocycles. The SMILES string of the molecule is C=NNC(NCc1ccc(N)c(C(=N)c2ccc3c(c2)CCC3)c1)C1CC=CCN1CC1C(F)=CC=CC1F. The maximum Gasteiger partial charge on any atom is 0.129 e. The lowest BCUT2D eigenvalue weighted by Crippen LogP contribution is -2.57. The number of allylic oxidation sites excluding steroid dienone is 3. The summed E-state index contributed by atoms with van der Waals surface area (Å²) in [5.74, 6) is -1.26. The number of hydrazone groups is 1. The summed E-state index contributed by atoms with van der Waals surface area (Å²) in [6.07, 6.45) is 10.6. The molecule has 4 atom stereocenters. The van der Waals surface area contributed by atoms with Gasteiger partial charge in [0.05, 0.1) is 11.6 Å². The summed E-state index contributed by atoms with van der Waals surface area (Å²) in [5, 5.41) is 16.3. The van der Waals surface area contributed by atoms with Gasteiger partial charge >= 0.3 is 0 Å². The van der Waals surface area contributed by atoms with Crippen LogP contribution in [0.25, 0.3) is 0 Å². The van der Waals surface area contributed by atoms with Crippen molar-refractivity contribution >= 4 is 18.1 Å². The van der Waals surface area contributed by atoms with Gasteiger partial charge in [0, 0.05) is 49.2 Å². The third-order valence-electron chi connectivity index (χ3n) is 7.99. The van der Waals surface area contributed by atoms with Gasteiger partial charge in [-0.1, -0.05) is 36.4 Å². The quantitative estimate of drug-likeness (QED) is 0.117. The molecule has 2 aromatic carbocycles. The predicted molar refractivity (Wildman–Crippen MR) is 154 cm³/mol. The molecule has 0 amide bonds. The van der Waals surface area contributed by atoms with E-state index < -0.39 is 17.9 Å². The van der Waals surface area contributed by atoms with Crippen molar-refractivity contribution < 1.29 is 8.78 Å². The van der Waals surface area contributed by atoms with Crippen molar-refractivity contribution in [3.63, 3.8) is 0 Å². The van der Waals surface area contributed by atoms with Crippen LogP contribution in [0.2, 0.25) is 0 Å². The van der Waals surface area contributed by atoms with E-state index in [0.29, 0.717) is 36.5 Å². The van der Waals surface area contributed by atoms with Gasteiger partial charge in [0.2, 0.25) is 0 Å². The first-order chi connectivity index (χ1) is 18.9. The highest BCUT2D eigenvalue weighted by Crippen LogP contribution is 2.29. The molecule has 2 aliphatic carbocycles. The Morgan fingerprint density at radius 3 is 2.85 bits per heavy atom. The molecule has 5 rings (SSSR count). The van der Waals surface area contributed by atoms with E-state index in [-0.39, 0.29) is 18.8 Å². The number of benzene rings is 2. The van der Waals surface area contributed by atoms with E-state index in [2.05, 4.69) is 45.7 Å². The number of nitrogens with two attached hydrogens (primary N) is 1. The van der Waals surface area contributed by atoms with Crippen molar-refractivity contribution in [1.29, 1.82) is 5.41 Å². The highest BCUT2D eigenvalue weighted by Gasteiger charge is 2.34. The number of nitrogens with one attached hydrogen (secondary N) is 3. The van der Waals surface area contributed by atoms with Crippen molar-refractivity contribution in [2.45, 2.75) is 50.6 Å². The maximum atomic E-state index is 14.5. The number of fused-ring (bicyclic) bond motifs is 1. The Bertz CT molecular complexity index is 1320. The summed E-state index contributed by atoms with van der Waals surface area (Å²) < 4.78 is 29.0. The molecule has 3 aliphatic rings.